The maximum Gasteiger partial charge on any atom is 0.373 e. The number of pyridine rings is 1. The van der Waals surface area contributed by atoms with Gasteiger partial charge in [-0.25, -0.2) is 4.98 Å². The molecule has 30 heavy (non-hydrogen) atoms. The molecule has 8 heteroatoms. The standard InChI is InChI=1S/C22H19N5O3/c1-13-9-14(2)11-17(10-13)30-22-20(27(28)29)21(23-12-24-22)26-18-6-4-5-16-8-7-15(3)25-19(16)18/h4-12H,1-3H3,(H,23,24,26). The first-order chi connectivity index (χ1) is 14.4. The molecule has 0 aliphatic carbocycles. The largest absolute Gasteiger partial charge is 0.434 e. The van der Waals surface area contributed by atoms with Crippen LogP contribution in [0.2, 0.25) is 0 Å². The lowest BCUT2D eigenvalue weighted by molar-refractivity contribution is -0.385. The van der Waals surface area contributed by atoms with Gasteiger partial charge >= 0.3 is 11.6 Å². The average molecular weight is 401 g/mol. The Labute approximate surface area is 172 Å². The molecular weight excluding hydrogens is 382 g/mol. The molecule has 0 spiro atoms. The van der Waals surface area contributed by atoms with Crippen LogP contribution in [0.1, 0.15) is 16.8 Å². The van der Waals surface area contributed by atoms with Crippen LogP contribution in [0.25, 0.3) is 10.9 Å². The predicted molar refractivity (Wildman–Crippen MR) is 114 cm³/mol. The number of benzene rings is 2. The summed E-state index contributed by atoms with van der Waals surface area (Å²) < 4.78 is 5.77. The Morgan fingerprint density at radius 2 is 1.77 bits per heavy atom. The van der Waals surface area contributed by atoms with E-state index in [0.29, 0.717) is 17.0 Å². The molecule has 1 N–H and O–H groups in total. The molecule has 0 unspecified atom stereocenters. The number of hydrogen-bond donors (Lipinski definition) is 1. The fourth-order valence-electron chi connectivity index (χ4n) is 3.27. The molecule has 0 aliphatic rings. The van der Waals surface area contributed by atoms with Gasteiger partial charge in [-0.15, -0.1) is 0 Å². The Bertz CT molecular complexity index is 1250. The van der Waals surface area contributed by atoms with Crippen molar-refractivity contribution in [3.63, 3.8) is 0 Å². The molecule has 4 aromatic rings. The number of rotatable bonds is 5. The summed E-state index contributed by atoms with van der Waals surface area (Å²) in [4.78, 5) is 24.0. The second-order valence-electron chi connectivity index (χ2n) is 7.01. The van der Waals surface area contributed by atoms with Crippen LogP contribution in [0.4, 0.5) is 17.2 Å². The van der Waals surface area contributed by atoms with Gasteiger partial charge in [-0.3, -0.25) is 15.1 Å². The molecule has 4 rings (SSSR count). The van der Waals surface area contributed by atoms with Crippen molar-refractivity contribution in [1.82, 2.24) is 15.0 Å². The first kappa shape index (κ1) is 19.3. The number of nitrogens with one attached hydrogen (secondary N) is 1. The van der Waals surface area contributed by atoms with Gasteiger partial charge in [-0.1, -0.05) is 24.3 Å². The van der Waals surface area contributed by atoms with Crippen LogP contribution in [0.5, 0.6) is 11.6 Å². The molecule has 0 aliphatic heterocycles. The molecule has 0 saturated heterocycles. The van der Waals surface area contributed by atoms with Gasteiger partial charge in [-0.2, -0.15) is 4.98 Å². The summed E-state index contributed by atoms with van der Waals surface area (Å²) in [5.41, 5.74) is 3.76. The summed E-state index contributed by atoms with van der Waals surface area (Å²) in [6.07, 6.45) is 1.23. The molecular formula is C22H19N5O3. The van der Waals surface area contributed by atoms with Crippen molar-refractivity contribution >= 4 is 28.1 Å². The molecule has 0 fully saturated rings. The second-order valence-corrected chi connectivity index (χ2v) is 7.01. The zero-order valence-corrected chi connectivity index (χ0v) is 16.7. The third-order valence-corrected chi connectivity index (χ3v) is 4.49. The SMILES string of the molecule is Cc1cc(C)cc(Oc2ncnc(Nc3cccc4ccc(C)nc34)c2[N+](=O)[O-])c1. The zero-order chi connectivity index (χ0) is 21.3. The van der Waals surface area contributed by atoms with E-state index in [1.54, 1.807) is 18.2 Å². The number of hydrogen-bond acceptors (Lipinski definition) is 7. The van der Waals surface area contributed by atoms with Gasteiger partial charge in [0.25, 0.3) is 0 Å². The van der Waals surface area contributed by atoms with Crippen LogP contribution in [-0.2, 0) is 0 Å². The van der Waals surface area contributed by atoms with Crippen molar-refractivity contribution < 1.29 is 9.66 Å². The van der Waals surface area contributed by atoms with Crippen LogP contribution in [0.3, 0.4) is 0 Å². The maximum atomic E-state index is 11.9. The maximum absolute atomic E-state index is 11.9. The third kappa shape index (κ3) is 3.88. The average Bonchev–Trinajstić information content (AvgIpc) is 2.67. The summed E-state index contributed by atoms with van der Waals surface area (Å²) in [6, 6.07) is 15.0. The molecule has 0 atom stereocenters. The van der Waals surface area contributed by atoms with Crippen LogP contribution in [0.15, 0.2) is 54.9 Å². The quantitative estimate of drug-likeness (QED) is 0.353. The van der Waals surface area contributed by atoms with E-state index in [2.05, 4.69) is 20.3 Å². The van der Waals surface area contributed by atoms with Crippen molar-refractivity contribution in [3.8, 4) is 11.6 Å². The highest BCUT2D eigenvalue weighted by Gasteiger charge is 2.26. The van der Waals surface area contributed by atoms with E-state index in [-0.39, 0.29) is 17.4 Å². The van der Waals surface area contributed by atoms with Crippen molar-refractivity contribution in [2.45, 2.75) is 20.8 Å². The highest BCUT2D eigenvalue weighted by atomic mass is 16.6. The van der Waals surface area contributed by atoms with E-state index >= 15 is 0 Å². The van der Waals surface area contributed by atoms with Gasteiger partial charge in [0.15, 0.2) is 0 Å². The van der Waals surface area contributed by atoms with Crippen LogP contribution in [0, 0.1) is 30.9 Å². The number of para-hydroxylation sites is 1. The molecule has 2 aromatic carbocycles. The fraction of sp³-hybridized carbons (Fsp3) is 0.136. The fourth-order valence-corrected chi connectivity index (χ4v) is 3.27. The Morgan fingerprint density at radius 1 is 1.00 bits per heavy atom. The topological polar surface area (TPSA) is 103 Å². The van der Waals surface area contributed by atoms with Crippen LogP contribution in [-0.4, -0.2) is 19.9 Å². The minimum absolute atomic E-state index is 0.0326. The monoisotopic (exact) mass is 401 g/mol. The van der Waals surface area contributed by atoms with Gasteiger partial charge in [0.2, 0.25) is 5.82 Å². The van der Waals surface area contributed by atoms with E-state index in [1.807, 2.05) is 51.1 Å². The number of nitro groups is 1. The Morgan fingerprint density at radius 3 is 2.50 bits per heavy atom. The molecule has 2 heterocycles. The Kier molecular flexibility index (Phi) is 4.97. The molecule has 2 aromatic heterocycles. The number of anilines is 2. The number of fused-ring (bicyclic) bond motifs is 1. The summed E-state index contributed by atoms with van der Waals surface area (Å²) in [5, 5.41) is 15.8. The molecule has 0 amide bonds. The molecule has 0 saturated carbocycles. The van der Waals surface area contributed by atoms with E-state index in [1.165, 1.54) is 6.33 Å². The number of aromatic nitrogens is 3. The van der Waals surface area contributed by atoms with Gasteiger partial charge < -0.3 is 10.1 Å². The summed E-state index contributed by atoms with van der Waals surface area (Å²) in [6.45, 7) is 5.74. The highest BCUT2D eigenvalue weighted by molar-refractivity contribution is 5.92. The molecule has 0 bridgehead atoms. The van der Waals surface area contributed by atoms with Gasteiger partial charge in [-0.05, 0) is 56.2 Å². The Hall–Kier alpha value is -4.07. The highest BCUT2D eigenvalue weighted by Crippen LogP contribution is 2.36. The van der Waals surface area contributed by atoms with E-state index in [4.69, 9.17) is 4.74 Å². The van der Waals surface area contributed by atoms with Crippen LogP contribution >= 0.6 is 0 Å². The number of ether oxygens (including phenoxy) is 1. The summed E-state index contributed by atoms with van der Waals surface area (Å²) in [7, 11) is 0. The lowest BCUT2D eigenvalue weighted by atomic mass is 10.1. The molecule has 0 radical (unpaired) electrons. The lowest BCUT2D eigenvalue weighted by Crippen LogP contribution is -2.04. The minimum atomic E-state index is -0.551. The molecule has 150 valence electrons. The smallest absolute Gasteiger partial charge is 0.373 e. The van der Waals surface area contributed by atoms with Crippen molar-refractivity contribution in [2.24, 2.45) is 0 Å². The van der Waals surface area contributed by atoms with Crippen molar-refractivity contribution in [3.05, 3.63) is 81.8 Å². The predicted octanol–water partition coefficient (Wildman–Crippen LogP) is 5.39. The number of aryl methyl sites for hydroxylation is 3. The normalized spacial score (nSPS) is 10.8. The molecule has 8 nitrogen and oxygen atoms in total. The first-order valence-corrected chi connectivity index (χ1v) is 9.29. The van der Waals surface area contributed by atoms with E-state index in [0.717, 1.165) is 22.2 Å². The summed E-state index contributed by atoms with van der Waals surface area (Å²) in [5.74, 6) is 0.375. The van der Waals surface area contributed by atoms with Gasteiger partial charge in [0, 0.05) is 11.1 Å². The lowest BCUT2D eigenvalue weighted by Gasteiger charge is -2.11. The van der Waals surface area contributed by atoms with Crippen LogP contribution < -0.4 is 10.1 Å². The van der Waals surface area contributed by atoms with E-state index in [9.17, 15) is 10.1 Å². The number of nitrogens with zero attached hydrogens (tertiary/aromatic N) is 4. The minimum Gasteiger partial charge on any atom is -0.434 e. The zero-order valence-electron chi connectivity index (χ0n) is 16.7. The summed E-state index contributed by atoms with van der Waals surface area (Å²) >= 11 is 0. The van der Waals surface area contributed by atoms with Gasteiger partial charge in [0.05, 0.1) is 16.1 Å². The first-order valence-electron chi connectivity index (χ1n) is 9.29. The van der Waals surface area contributed by atoms with Crippen molar-refractivity contribution in [1.29, 1.82) is 0 Å². The third-order valence-electron chi connectivity index (χ3n) is 4.49. The van der Waals surface area contributed by atoms with Gasteiger partial charge in [0.1, 0.15) is 12.1 Å². The second kappa shape index (κ2) is 7.75. The van der Waals surface area contributed by atoms with Crippen molar-refractivity contribution in [2.75, 3.05) is 5.32 Å². The Balaban J connectivity index is 1.77. The van der Waals surface area contributed by atoms with E-state index < -0.39 is 4.92 Å².